The van der Waals surface area contributed by atoms with E-state index in [-0.39, 0.29) is 5.91 Å². The van der Waals surface area contributed by atoms with Crippen LogP contribution in [0.4, 0.5) is 11.5 Å². The summed E-state index contributed by atoms with van der Waals surface area (Å²) in [5.41, 5.74) is 2.81. The third kappa shape index (κ3) is 4.31. The number of aryl methyl sites for hydroxylation is 1. The molecule has 1 amide bonds. The lowest BCUT2D eigenvalue weighted by molar-refractivity contribution is 0.102. The summed E-state index contributed by atoms with van der Waals surface area (Å²) in [5.74, 6) is 0.449. The molecule has 2 rings (SSSR count). The van der Waals surface area contributed by atoms with Gasteiger partial charge in [0.1, 0.15) is 5.82 Å². The van der Waals surface area contributed by atoms with Gasteiger partial charge >= 0.3 is 0 Å². The summed E-state index contributed by atoms with van der Waals surface area (Å²) < 4.78 is 0. The Morgan fingerprint density at radius 1 is 1.14 bits per heavy atom. The Kier molecular flexibility index (Phi) is 5.32. The third-order valence-electron chi connectivity index (χ3n) is 3.20. The number of nitrogens with one attached hydrogen (secondary N) is 2. The highest BCUT2D eigenvalue weighted by atomic mass is 16.1. The van der Waals surface area contributed by atoms with Gasteiger partial charge in [-0.15, -0.1) is 0 Å². The number of rotatable bonds is 6. The molecule has 21 heavy (non-hydrogen) atoms. The maximum Gasteiger partial charge on any atom is 0.256 e. The van der Waals surface area contributed by atoms with E-state index >= 15 is 0 Å². The Hall–Kier alpha value is -2.36. The number of carbonyl (C=O) groups is 1. The monoisotopic (exact) mass is 283 g/mol. The Labute approximate surface area is 125 Å². The lowest BCUT2D eigenvalue weighted by Gasteiger charge is -2.07. The molecule has 2 N–H and O–H groups in total. The molecule has 110 valence electrons. The smallest absolute Gasteiger partial charge is 0.256 e. The molecule has 0 unspecified atom stereocenters. The lowest BCUT2D eigenvalue weighted by atomic mass is 10.2. The first-order valence-corrected chi connectivity index (χ1v) is 7.33. The molecule has 0 fully saturated rings. The highest BCUT2D eigenvalue weighted by Crippen LogP contribution is 2.12. The number of anilines is 2. The molecule has 0 aliphatic carbocycles. The summed E-state index contributed by atoms with van der Waals surface area (Å²) in [6.07, 6.45) is 3.71. The highest BCUT2D eigenvalue weighted by molar-refractivity contribution is 6.03. The number of amides is 1. The fourth-order valence-corrected chi connectivity index (χ4v) is 1.96. The van der Waals surface area contributed by atoms with Gasteiger partial charge in [0.2, 0.25) is 0 Å². The average Bonchev–Trinajstić information content (AvgIpc) is 2.53. The Morgan fingerprint density at radius 2 is 1.90 bits per heavy atom. The number of hydrogen-bond donors (Lipinski definition) is 2. The zero-order valence-corrected chi connectivity index (χ0v) is 12.5. The van der Waals surface area contributed by atoms with Crippen LogP contribution < -0.4 is 10.6 Å². The van der Waals surface area contributed by atoms with E-state index in [1.807, 2.05) is 36.4 Å². The summed E-state index contributed by atoms with van der Waals surface area (Å²) in [5, 5.41) is 6.11. The molecule has 0 saturated carbocycles. The van der Waals surface area contributed by atoms with Crippen LogP contribution in [0.15, 0.2) is 42.6 Å². The van der Waals surface area contributed by atoms with Crippen molar-refractivity contribution in [3.63, 3.8) is 0 Å². The SMILES string of the molecule is CCCNc1ccc(C(=O)Nc2cc(CC)ccn2)cc1. The summed E-state index contributed by atoms with van der Waals surface area (Å²) in [6, 6.07) is 11.3. The van der Waals surface area contributed by atoms with Gasteiger partial charge in [-0.25, -0.2) is 4.98 Å². The van der Waals surface area contributed by atoms with Gasteiger partial charge in [-0.1, -0.05) is 13.8 Å². The zero-order valence-electron chi connectivity index (χ0n) is 12.5. The molecular weight excluding hydrogens is 262 g/mol. The fourth-order valence-electron chi connectivity index (χ4n) is 1.96. The summed E-state index contributed by atoms with van der Waals surface area (Å²) >= 11 is 0. The van der Waals surface area contributed by atoms with Gasteiger partial charge in [-0.3, -0.25) is 4.79 Å². The zero-order chi connectivity index (χ0) is 15.1. The maximum atomic E-state index is 12.2. The topological polar surface area (TPSA) is 54.0 Å². The molecule has 1 heterocycles. The average molecular weight is 283 g/mol. The van der Waals surface area contributed by atoms with Crippen LogP contribution in [0.25, 0.3) is 0 Å². The van der Waals surface area contributed by atoms with Gasteiger partial charge < -0.3 is 10.6 Å². The number of benzene rings is 1. The van der Waals surface area contributed by atoms with Crippen LogP contribution in [0.3, 0.4) is 0 Å². The third-order valence-corrected chi connectivity index (χ3v) is 3.20. The van der Waals surface area contributed by atoms with E-state index in [4.69, 9.17) is 0 Å². The summed E-state index contributed by atoms with van der Waals surface area (Å²) in [4.78, 5) is 16.3. The molecule has 0 radical (unpaired) electrons. The second-order valence-electron chi connectivity index (χ2n) is 4.86. The second-order valence-corrected chi connectivity index (χ2v) is 4.86. The van der Waals surface area contributed by atoms with Gasteiger partial charge in [-0.2, -0.15) is 0 Å². The lowest BCUT2D eigenvalue weighted by Crippen LogP contribution is -2.13. The van der Waals surface area contributed by atoms with Crippen molar-refractivity contribution in [1.82, 2.24) is 4.98 Å². The Balaban J connectivity index is 2.02. The molecule has 0 saturated heterocycles. The maximum absolute atomic E-state index is 12.2. The number of carbonyl (C=O) groups excluding carboxylic acids is 1. The first-order chi connectivity index (χ1) is 10.2. The van der Waals surface area contributed by atoms with Crippen LogP contribution in [0.5, 0.6) is 0 Å². The van der Waals surface area contributed by atoms with Crippen LogP contribution in [0, 0.1) is 0 Å². The molecule has 4 nitrogen and oxygen atoms in total. The standard InChI is InChI=1S/C17H21N3O/c1-3-10-18-15-7-5-14(6-8-15)17(21)20-16-12-13(4-2)9-11-19-16/h5-9,11-12,18H,3-4,10H2,1-2H3,(H,19,20,21). The van der Waals surface area contributed by atoms with E-state index in [0.717, 1.165) is 30.6 Å². The molecule has 2 aromatic rings. The molecular formula is C17H21N3O. The van der Waals surface area contributed by atoms with Crippen molar-refractivity contribution < 1.29 is 4.79 Å². The first kappa shape index (κ1) is 15.0. The highest BCUT2D eigenvalue weighted by Gasteiger charge is 2.07. The van der Waals surface area contributed by atoms with Crippen molar-refractivity contribution in [3.05, 3.63) is 53.7 Å². The summed E-state index contributed by atoms with van der Waals surface area (Å²) in [6.45, 7) is 5.12. The van der Waals surface area contributed by atoms with Gasteiger partial charge in [0.15, 0.2) is 0 Å². The minimum atomic E-state index is -0.141. The van der Waals surface area contributed by atoms with Crippen molar-refractivity contribution >= 4 is 17.4 Å². The van der Waals surface area contributed by atoms with Crippen molar-refractivity contribution in [2.75, 3.05) is 17.2 Å². The molecule has 0 bridgehead atoms. The number of aromatic nitrogens is 1. The molecule has 1 aromatic carbocycles. The molecule has 0 atom stereocenters. The van der Waals surface area contributed by atoms with Crippen molar-refractivity contribution in [3.8, 4) is 0 Å². The van der Waals surface area contributed by atoms with Gasteiger partial charge in [0.25, 0.3) is 5.91 Å². The van der Waals surface area contributed by atoms with Gasteiger partial charge in [-0.05, 0) is 54.8 Å². The van der Waals surface area contributed by atoms with E-state index in [1.54, 1.807) is 6.20 Å². The molecule has 0 spiro atoms. The molecule has 4 heteroatoms. The largest absolute Gasteiger partial charge is 0.385 e. The fraction of sp³-hybridized carbons (Fsp3) is 0.294. The normalized spacial score (nSPS) is 10.2. The predicted octanol–water partition coefficient (Wildman–Crippen LogP) is 3.72. The number of pyridine rings is 1. The quantitative estimate of drug-likeness (QED) is 0.849. The molecule has 1 aromatic heterocycles. The van der Waals surface area contributed by atoms with Crippen molar-refractivity contribution in [2.45, 2.75) is 26.7 Å². The van der Waals surface area contributed by atoms with E-state index in [1.165, 1.54) is 0 Å². The van der Waals surface area contributed by atoms with Crippen LogP contribution in [-0.4, -0.2) is 17.4 Å². The summed E-state index contributed by atoms with van der Waals surface area (Å²) in [7, 11) is 0. The molecule has 0 aliphatic rings. The van der Waals surface area contributed by atoms with E-state index < -0.39 is 0 Å². The first-order valence-electron chi connectivity index (χ1n) is 7.33. The Bertz CT molecular complexity index is 593. The van der Waals surface area contributed by atoms with Crippen LogP contribution in [0.1, 0.15) is 36.2 Å². The number of hydrogen-bond acceptors (Lipinski definition) is 3. The van der Waals surface area contributed by atoms with Crippen molar-refractivity contribution in [2.24, 2.45) is 0 Å². The minimum Gasteiger partial charge on any atom is -0.385 e. The van der Waals surface area contributed by atoms with Crippen LogP contribution in [0.2, 0.25) is 0 Å². The van der Waals surface area contributed by atoms with Gasteiger partial charge in [0.05, 0.1) is 0 Å². The Morgan fingerprint density at radius 3 is 2.57 bits per heavy atom. The van der Waals surface area contributed by atoms with Gasteiger partial charge in [0, 0.05) is 24.0 Å². The van der Waals surface area contributed by atoms with Crippen LogP contribution in [-0.2, 0) is 6.42 Å². The number of nitrogens with zero attached hydrogens (tertiary/aromatic N) is 1. The van der Waals surface area contributed by atoms with Crippen LogP contribution >= 0.6 is 0 Å². The van der Waals surface area contributed by atoms with E-state index in [9.17, 15) is 4.79 Å². The van der Waals surface area contributed by atoms with Crippen molar-refractivity contribution in [1.29, 1.82) is 0 Å². The van der Waals surface area contributed by atoms with E-state index in [2.05, 4.69) is 29.5 Å². The molecule has 0 aliphatic heterocycles. The van der Waals surface area contributed by atoms with E-state index in [0.29, 0.717) is 11.4 Å². The second kappa shape index (κ2) is 7.43. The predicted molar refractivity (Wildman–Crippen MR) is 86.8 cm³/mol. The minimum absolute atomic E-state index is 0.141.